The van der Waals surface area contributed by atoms with Gasteiger partial charge in [-0.15, -0.1) is 0 Å². The summed E-state index contributed by atoms with van der Waals surface area (Å²) in [6.07, 6.45) is 3.32. The van der Waals surface area contributed by atoms with Gasteiger partial charge in [0.1, 0.15) is 36.6 Å². The van der Waals surface area contributed by atoms with Crippen molar-refractivity contribution in [1.29, 1.82) is 0 Å². The van der Waals surface area contributed by atoms with Crippen LogP contribution >= 0.6 is 0 Å². The molecule has 2 fully saturated rings. The van der Waals surface area contributed by atoms with E-state index in [1.165, 1.54) is 24.1 Å². The second kappa shape index (κ2) is 10.5. The fourth-order valence-corrected chi connectivity index (χ4v) is 5.30. The summed E-state index contributed by atoms with van der Waals surface area (Å²) in [4.78, 5) is 8.90. The van der Waals surface area contributed by atoms with Gasteiger partial charge in [-0.2, -0.15) is 5.10 Å². The molecule has 1 aromatic heterocycles. The molecule has 0 N–H and O–H groups in total. The van der Waals surface area contributed by atoms with E-state index in [4.69, 9.17) is 9.47 Å². The summed E-state index contributed by atoms with van der Waals surface area (Å²) in [6.45, 7) is 9.66. The van der Waals surface area contributed by atoms with E-state index in [1.807, 2.05) is 12.1 Å². The summed E-state index contributed by atoms with van der Waals surface area (Å²) < 4.78 is 42.2. The van der Waals surface area contributed by atoms with E-state index in [0.717, 1.165) is 38.0 Å². The van der Waals surface area contributed by atoms with Crippen LogP contribution < -0.4 is 9.64 Å². The molecule has 2 aliphatic heterocycles. The second-order valence-electron chi connectivity index (χ2n) is 10.1. The highest BCUT2D eigenvalue weighted by Gasteiger charge is 2.44. The molecule has 36 heavy (non-hydrogen) atoms. The van der Waals surface area contributed by atoms with E-state index in [-0.39, 0.29) is 12.7 Å². The van der Waals surface area contributed by atoms with Gasteiger partial charge in [0.15, 0.2) is 0 Å². The summed E-state index contributed by atoms with van der Waals surface area (Å²) in [5, 5.41) is 4.19. The largest absolute Gasteiger partial charge is 0.491 e. The van der Waals surface area contributed by atoms with Crippen molar-refractivity contribution in [1.82, 2.24) is 19.7 Å². The van der Waals surface area contributed by atoms with Gasteiger partial charge in [-0.1, -0.05) is 6.07 Å². The summed E-state index contributed by atoms with van der Waals surface area (Å²) in [5.41, 5.74) is 0.923. The molecule has 2 saturated heterocycles. The van der Waals surface area contributed by atoms with E-state index < -0.39 is 17.0 Å². The fourth-order valence-electron chi connectivity index (χ4n) is 5.30. The first-order valence-electron chi connectivity index (χ1n) is 12.5. The van der Waals surface area contributed by atoms with Crippen LogP contribution in [0.5, 0.6) is 5.75 Å². The lowest BCUT2D eigenvalue weighted by Gasteiger charge is -2.38. The Kier molecular flexibility index (Phi) is 7.20. The van der Waals surface area contributed by atoms with Crippen molar-refractivity contribution >= 4 is 5.69 Å². The van der Waals surface area contributed by atoms with Gasteiger partial charge in [-0.3, -0.25) is 9.58 Å². The molecular formula is C27H33F2N5O2. The van der Waals surface area contributed by atoms with Gasteiger partial charge in [0.25, 0.3) is 0 Å². The first-order valence-corrected chi connectivity index (χ1v) is 12.5. The molecule has 3 heterocycles. The lowest BCUT2D eigenvalue weighted by atomic mass is 9.78. The molecule has 2 aromatic carbocycles. The molecule has 0 saturated carbocycles. The Hall–Kier alpha value is -3.04. The SMILES string of the molecule is CC(C)N1CCN(c2ccc(OCC3CC(Cn4cncn4)(c4ccc(F)cc4F)CO3)cc2)CC1. The maximum Gasteiger partial charge on any atom is 0.137 e. The molecular weight excluding hydrogens is 464 g/mol. The van der Waals surface area contributed by atoms with Crippen LogP contribution in [-0.4, -0.2) is 71.2 Å². The molecule has 2 aliphatic rings. The lowest BCUT2D eigenvalue weighted by molar-refractivity contribution is 0.0634. The zero-order valence-electron chi connectivity index (χ0n) is 20.8. The van der Waals surface area contributed by atoms with Gasteiger partial charge in [0.2, 0.25) is 0 Å². The van der Waals surface area contributed by atoms with E-state index in [1.54, 1.807) is 11.0 Å². The average molecular weight is 498 g/mol. The average Bonchev–Trinajstić information content (AvgIpc) is 3.54. The first kappa shape index (κ1) is 24.6. The summed E-state index contributed by atoms with van der Waals surface area (Å²) in [6, 6.07) is 12.5. The molecule has 7 nitrogen and oxygen atoms in total. The van der Waals surface area contributed by atoms with E-state index in [9.17, 15) is 8.78 Å². The Bertz CT molecular complexity index is 1130. The number of piperazine rings is 1. The van der Waals surface area contributed by atoms with Crippen molar-refractivity contribution in [2.75, 3.05) is 44.3 Å². The van der Waals surface area contributed by atoms with Crippen LogP contribution in [0.1, 0.15) is 25.8 Å². The van der Waals surface area contributed by atoms with Crippen LogP contribution in [0.15, 0.2) is 55.1 Å². The molecule has 0 bridgehead atoms. The lowest BCUT2D eigenvalue weighted by Crippen LogP contribution is -2.48. The summed E-state index contributed by atoms with van der Waals surface area (Å²) in [7, 11) is 0. The van der Waals surface area contributed by atoms with Crippen molar-refractivity contribution < 1.29 is 18.3 Å². The molecule has 2 unspecified atom stereocenters. The summed E-state index contributed by atoms with van der Waals surface area (Å²) >= 11 is 0. The normalized spacial score (nSPS) is 22.9. The van der Waals surface area contributed by atoms with Gasteiger partial charge >= 0.3 is 0 Å². The Morgan fingerprint density at radius 3 is 2.53 bits per heavy atom. The minimum Gasteiger partial charge on any atom is -0.491 e. The predicted octanol–water partition coefficient (Wildman–Crippen LogP) is 3.89. The molecule has 2 atom stereocenters. The first-order chi connectivity index (χ1) is 17.4. The number of ether oxygens (including phenoxy) is 2. The van der Waals surface area contributed by atoms with Crippen molar-refractivity contribution in [3.8, 4) is 5.75 Å². The maximum atomic E-state index is 14.8. The molecule has 0 spiro atoms. The molecule has 192 valence electrons. The monoisotopic (exact) mass is 497 g/mol. The minimum absolute atomic E-state index is 0.234. The van der Waals surface area contributed by atoms with E-state index in [0.29, 0.717) is 31.2 Å². The van der Waals surface area contributed by atoms with E-state index in [2.05, 4.69) is 45.9 Å². The Morgan fingerprint density at radius 2 is 1.86 bits per heavy atom. The number of benzene rings is 2. The molecule has 0 aliphatic carbocycles. The highest BCUT2D eigenvalue weighted by atomic mass is 19.1. The number of hydrogen-bond donors (Lipinski definition) is 0. The third-order valence-corrected chi connectivity index (χ3v) is 7.33. The highest BCUT2D eigenvalue weighted by molar-refractivity contribution is 5.49. The van der Waals surface area contributed by atoms with Crippen molar-refractivity contribution in [2.24, 2.45) is 0 Å². The summed E-state index contributed by atoms with van der Waals surface area (Å²) in [5.74, 6) is -0.411. The van der Waals surface area contributed by atoms with Gasteiger partial charge in [0.05, 0.1) is 19.3 Å². The Morgan fingerprint density at radius 1 is 1.08 bits per heavy atom. The molecule has 9 heteroatoms. The molecule has 5 rings (SSSR count). The quantitative estimate of drug-likeness (QED) is 0.471. The van der Waals surface area contributed by atoms with Crippen molar-refractivity contribution in [2.45, 2.75) is 44.4 Å². The fraction of sp³-hybridized carbons (Fsp3) is 0.481. The molecule has 0 radical (unpaired) electrons. The molecule has 0 amide bonds. The molecule has 3 aromatic rings. The number of aromatic nitrogens is 3. The highest BCUT2D eigenvalue weighted by Crippen LogP contribution is 2.39. The van der Waals surface area contributed by atoms with Crippen LogP contribution in [0.3, 0.4) is 0 Å². The third kappa shape index (κ3) is 5.37. The number of rotatable bonds is 8. The standard InChI is InChI=1S/C27H33F2N5O2/c1-20(2)32-9-11-33(12-10-32)22-4-6-23(7-5-22)35-15-24-14-27(17-36-24,16-34-19-30-18-31-34)25-8-3-21(28)13-26(25)29/h3-8,13,18-20,24H,9-12,14-17H2,1-2H3. The van der Waals surface area contributed by atoms with Crippen LogP contribution in [0.4, 0.5) is 14.5 Å². The number of anilines is 1. The number of halogens is 2. The van der Waals surface area contributed by atoms with Crippen LogP contribution in [-0.2, 0) is 16.7 Å². The minimum atomic E-state index is -0.693. The Labute approximate surface area is 210 Å². The van der Waals surface area contributed by atoms with Gasteiger partial charge in [-0.05, 0) is 56.2 Å². The predicted molar refractivity (Wildman–Crippen MR) is 133 cm³/mol. The zero-order chi connectivity index (χ0) is 25.1. The second-order valence-corrected chi connectivity index (χ2v) is 10.1. The van der Waals surface area contributed by atoms with Crippen LogP contribution in [0.2, 0.25) is 0 Å². The third-order valence-electron chi connectivity index (χ3n) is 7.33. The zero-order valence-corrected chi connectivity index (χ0v) is 20.8. The van der Waals surface area contributed by atoms with Gasteiger partial charge in [0, 0.05) is 49.4 Å². The number of hydrogen-bond acceptors (Lipinski definition) is 6. The van der Waals surface area contributed by atoms with Crippen molar-refractivity contribution in [3.05, 3.63) is 72.3 Å². The smallest absolute Gasteiger partial charge is 0.137 e. The van der Waals surface area contributed by atoms with Crippen molar-refractivity contribution in [3.63, 3.8) is 0 Å². The Balaban J connectivity index is 1.21. The van der Waals surface area contributed by atoms with Crippen LogP contribution in [0.25, 0.3) is 0 Å². The van der Waals surface area contributed by atoms with Gasteiger partial charge in [-0.25, -0.2) is 13.8 Å². The maximum absolute atomic E-state index is 14.8. The van der Waals surface area contributed by atoms with Crippen LogP contribution in [0, 0.1) is 11.6 Å². The van der Waals surface area contributed by atoms with E-state index >= 15 is 0 Å². The topological polar surface area (TPSA) is 55.7 Å². The number of nitrogens with zero attached hydrogens (tertiary/aromatic N) is 5. The van der Waals surface area contributed by atoms with Gasteiger partial charge < -0.3 is 14.4 Å².